The van der Waals surface area contributed by atoms with Crippen molar-refractivity contribution in [3.8, 4) is 0 Å². The van der Waals surface area contributed by atoms with Crippen LogP contribution in [-0.2, 0) is 6.42 Å². The fraction of sp³-hybridized carbons (Fsp3) is 0.667. The molecule has 0 radical (unpaired) electrons. The van der Waals surface area contributed by atoms with Crippen LogP contribution in [0.25, 0.3) is 0 Å². The fourth-order valence-corrected chi connectivity index (χ4v) is 2.60. The van der Waals surface area contributed by atoms with E-state index in [0.717, 1.165) is 42.2 Å². The number of nitrogens with zero attached hydrogens (tertiary/aromatic N) is 4. The molecule has 2 rings (SSSR count). The Balaban J connectivity index is 2.08. The lowest BCUT2D eigenvalue weighted by Crippen LogP contribution is -2.50. The van der Waals surface area contributed by atoms with Crippen LogP contribution in [-0.4, -0.2) is 66.6 Å². The molecular weight excluding hydrogens is 294 g/mol. The number of piperazine rings is 1. The van der Waals surface area contributed by atoms with Crippen molar-refractivity contribution < 1.29 is 0 Å². The maximum Gasteiger partial charge on any atom is 0.143 e. The van der Waals surface area contributed by atoms with E-state index >= 15 is 0 Å². The molecule has 1 aromatic rings. The highest BCUT2D eigenvalue weighted by atomic mass is 79.9. The number of rotatable bonds is 3. The zero-order chi connectivity index (χ0) is 13.1. The van der Waals surface area contributed by atoms with Gasteiger partial charge in [-0.3, -0.25) is 0 Å². The van der Waals surface area contributed by atoms with Crippen LogP contribution in [0, 0.1) is 0 Å². The zero-order valence-corrected chi connectivity index (χ0v) is 12.7. The van der Waals surface area contributed by atoms with Crippen molar-refractivity contribution in [2.45, 2.75) is 12.5 Å². The molecule has 0 spiro atoms. The molecule has 1 N–H and O–H groups in total. The van der Waals surface area contributed by atoms with Crippen LogP contribution < -0.4 is 5.32 Å². The molecule has 0 aliphatic carbocycles. The maximum absolute atomic E-state index is 4.53. The van der Waals surface area contributed by atoms with Crippen LogP contribution in [0.5, 0.6) is 0 Å². The summed E-state index contributed by atoms with van der Waals surface area (Å²) in [5.41, 5.74) is 0. The molecule has 1 aliphatic heterocycles. The minimum absolute atomic E-state index is 0.495. The van der Waals surface area contributed by atoms with Crippen molar-refractivity contribution in [3.63, 3.8) is 0 Å². The van der Waals surface area contributed by atoms with E-state index in [1.165, 1.54) is 0 Å². The molecule has 1 atom stereocenters. The largest absolute Gasteiger partial charge is 0.372 e. The molecule has 1 aromatic heterocycles. The monoisotopic (exact) mass is 313 g/mol. The molecule has 1 fully saturated rings. The number of hydrogen-bond acceptors (Lipinski definition) is 5. The van der Waals surface area contributed by atoms with Crippen molar-refractivity contribution >= 4 is 21.7 Å². The average molecular weight is 314 g/mol. The first kappa shape index (κ1) is 13.7. The molecule has 18 heavy (non-hydrogen) atoms. The van der Waals surface area contributed by atoms with Gasteiger partial charge in [-0.15, -0.1) is 0 Å². The first-order chi connectivity index (χ1) is 8.60. The first-order valence-electron chi connectivity index (χ1n) is 6.18. The molecule has 0 bridgehead atoms. The number of halogens is 1. The molecule has 0 saturated carbocycles. The predicted octanol–water partition coefficient (Wildman–Crippen LogP) is 1.07. The Morgan fingerprint density at radius 2 is 2.22 bits per heavy atom. The van der Waals surface area contributed by atoms with Gasteiger partial charge in [-0.1, -0.05) is 0 Å². The van der Waals surface area contributed by atoms with E-state index < -0.39 is 0 Å². The zero-order valence-electron chi connectivity index (χ0n) is 11.1. The van der Waals surface area contributed by atoms with Crippen molar-refractivity contribution in [3.05, 3.63) is 16.5 Å². The SMILES string of the molecule is CNc1nc(CC2CN(C)CCN2C)ncc1Br. The molecule has 100 valence electrons. The summed E-state index contributed by atoms with van der Waals surface area (Å²) in [6, 6.07) is 0.495. The number of likely N-dealkylation sites (N-methyl/N-ethyl adjacent to an activating group) is 2. The number of hydrogen-bond donors (Lipinski definition) is 1. The van der Waals surface area contributed by atoms with Gasteiger partial charge in [0.2, 0.25) is 0 Å². The molecule has 1 aliphatic rings. The van der Waals surface area contributed by atoms with E-state index in [0.29, 0.717) is 6.04 Å². The van der Waals surface area contributed by atoms with Crippen LogP contribution in [0.2, 0.25) is 0 Å². The third kappa shape index (κ3) is 3.18. The molecule has 6 heteroatoms. The van der Waals surface area contributed by atoms with E-state index in [2.05, 4.69) is 55.1 Å². The summed E-state index contributed by atoms with van der Waals surface area (Å²) in [6.07, 6.45) is 2.71. The Kier molecular flexibility index (Phi) is 4.53. The third-order valence-electron chi connectivity index (χ3n) is 3.43. The second kappa shape index (κ2) is 5.95. The first-order valence-corrected chi connectivity index (χ1v) is 6.97. The lowest BCUT2D eigenvalue weighted by Gasteiger charge is -2.37. The van der Waals surface area contributed by atoms with Crippen LogP contribution in [0.4, 0.5) is 5.82 Å². The van der Waals surface area contributed by atoms with Gasteiger partial charge in [0.15, 0.2) is 0 Å². The van der Waals surface area contributed by atoms with Gasteiger partial charge in [-0.05, 0) is 30.0 Å². The number of aromatic nitrogens is 2. The summed E-state index contributed by atoms with van der Waals surface area (Å²) in [7, 11) is 6.22. The Labute approximate surface area is 117 Å². The van der Waals surface area contributed by atoms with Gasteiger partial charge in [0.05, 0.1) is 4.47 Å². The van der Waals surface area contributed by atoms with E-state index in [-0.39, 0.29) is 0 Å². The van der Waals surface area contributed by atoms with E-state index in [1.54, 1.807) is 0 Å². The van der Waals surface area contributed by atoms with Gasteiger partial charge in [0, 0.05) is 45.3 Å². The maximum atomic E-state index is 4.53. The van der Waals surface area contributed by atoms with Gasteiger partial charge >= 0.3 is 0 Å². The second-order valence-corrected chi connectivity index (χ2v) is 5.69. The Hall–Kier alpha value is -0.720. The van der Waals surface area contributed by atoms with Gasteiger partial charge in [0.1, 0.15) is 11.6 Å². The van der Waals surface area contributed by atoms with Gasteiger partial charge in [-0.2, -0.15) is 0 Å². The van der Waals surface area contributed by atoms with E-state index in [1.807, 2.05) is 13.2 Å². The topological polar surface area (TPSA) is 44.3 Å². The third-order valence-corrected chi connectivity index (χ3v) is 4.01. The predicted molar refractivity (Wildman–Crippen MR) is 76.9 cm³/mol. The Morgan fingerprint density at radius 3 is 2.94 bits per heavy atom. The number of anilines is 1. The van der Waals surface area contributed by atoms with Crippen molar-refractivity contribution in [1.82, 2.24) is 19.8 Å². The fourth-order valence-electron chi connectivity index (χ4n) is 2.21. The lowest BCUT2D eigenvalue weighted by atomic mass is 10.1. The standard InChI is InChI=1S/C12H20BrN5/c1-14-12-10(13)7-15-11(16-12)6-9-8-17(2)4-5-18(9)3/h7,9H,4-6,8H2,1-3H3,(H,14,15,16). The molecule has 5 nitrogen and oxygen atoms in total. The van der Waals surface area contributed by atoms with Crippen molar-refractivity contribution in [1.29, 1.82) is 0 Å². The molecule has 2 heterocycles. The normalized spacial score (nSPS) is 22.1. The van der Waals surface area contributed by atoms with Crippen LogP contribution >= 0.6 is 15.9 Å². The minimum atomic E-state index is 0.495. The summed E-state index contributed by atoms with van der Waals surface area (Å²) in [5.74, 6) is 1.75. The highest BCUT2D eigenvalue weighted by molar-refractivity contribution is 9.10. The van der Waals surface area contributed by atoms with E-state index in [4.69, 9.17) is 0 Å². The van der Waals surface area contributed by atoms with Crippen molar-refractivity contribution in [2.75, 3.05) is 46.1 Å². The number of nitrogens with one attached hydrogen (secondary N) is 1. The van der Waals surface area contributed by atoms with E-state index in [9.17, 15) is 0 Å². The second-order valence-electron chi connectivity index (χ2n) is 4.83. The minimum Gasteiger partial charge on any atom is -0.372 e. The van der Waals surface area contributed by atoms with Crippen molar-refractivity contribution in [2.24, 2.45) is 0 Å². The Bertz CT molecular complexity index is 411. The highest BCUT2D eigenvalue weighted by Gasteiger charge is 2.23. The van der Waals surface area contributed by atoms with Gasteiger partial charge < -0.3 is 15.1 Å². The quantitative estimate of drug-likeness (QED) is 0.904. The Morgan fingerprint density at radius 1 is 1.44 bits per heavy atom. The van der Waals surface area contributed by atoms with Crippen LogP contribution in [0.3, 0.4) is 0 Å². The molecular formula is C12H20BrN5. The summed E-state index contributed by atoms with van der Waals surface area (Å²) in [4.78, 5) is 13.7. The average Bonchev–Trinajstić information content (AvgIpc) is 2.36. The molecule has 1 saturated heterocycles. The van der Waals surface area contributed by atoms with Crippen LogP contribution in [0.1, 0.15) is 5.82 Å². The molecule has 0 amide bonds. The summed E-state index contributed by atoms with van der Waals surface area (Å²) >= 11 is 3.43. The lowest BCUT2D eigenvalue weighted by molar-refractivity contribution is 0.113. The van der Waals surface area contributed by atoms with Gasteiger partial charge in [-0.25, -0.2) is 9.97 Å². The molecule has 0 aromatic carbocycles. The van der Waals surface area contributed by atoms with Crippen LogP contribution in [0.15, 0.2) is 10.7 Å². The summed E-state index contributed by atoms with van der Waals surface area (Å²) in [5, 5.41) is 3.07. The van der Waals surface area contributed by atoms with Gasteiger partial charge in [0.25, 0.3) is 0 Å². The molecule has 1 unspecified atom stereocenters. The summed E-state index contributed by atoms with van der Waals surface area (Å²) in [6.45, 7) is 3.32. The summed E-state index contributed by atoms with van der Waals surface area (Å²) < 4.78 is 0.905. The smallest absolute Gasteiger partial charge is 0.143 e. The highest BCUT2D eigenvalue weighted by Crippen LogP contribution is 2.19.